The van der Waals surface area contributed by atoms with E-state index in [1.807, 2.05) is 0 Å². The van der Waals surface area contributed by atoms with E-state index in [2.05, 4.69) is 10.1 Å². The lowest BCUT2D eigenvalue weighted by atomic mass is 9.89. The van der Waals surface area contributed by atoms with Gasteiger partial charge >= 0.3 is 0 Å². The Bertz CT molecular complexity index is 1060. The second-order valence-electron chi connectivity index (χ2n) is 6.34. The Labute approximate surface area is 162 Å². The molecular formula is C19H16F5N5. The number of fused-ring (bicyclic) bond motifs is 1. The minimum Gasteiger partial charge on any atom is -0.322 e. The SMILES string of the molecule is N/N=C\N(N)CC(c1ccc(F)cc1F)C(F)(F)c1ccc2cc(F)ccc2n1. The van der Waals surface area contributed by atoms with E-state index in [0.717, 1.165) is 41.7 Å². The first-order valence-corrected chi connectivity index (χ1v) is 8.36. The van der Waals surface area contributed by atoms with E-state index in [-0.39, 0.29) is 5.52 Å². The first-order chi connectivity index (χ1) is 13.7. The summed E-state index contributed by atoms with van der Waals surface area (Å²) in [5, 5.41) is 4.23. The monoisotopic (exact) mass is 409 g/mol. The molecule has 0 amide bonds. The summed E-state index contributed by atoms with van der Waals surface area (Å²) in [5.41, 5.74) is -1.00. The van der Waals surface area contributed by atoms with Gasteiger partial charge < -0.3 is 5.84 Å². The Morgan fingerprint density at radius 3 is 2.41 bits per heavy atom. The number of halogens is 5. The number of alkyl halides is 2. The zero-order valence-electron chi connectivity index (χ0n) is 14.9. The summed E-state index contributed by atoms with van der Waals surface area (Å²) in [7, 11) is 0. The van der Waals surface area contributed by atoms with Gasteiger partial charge in [-0.3, -0.25) is 5.01 Å². The number of nitrogens with two attached hydrogens (primary N) is 2. The first-order valence-electron chi connectivity index (χ1n) is 8.36. The van der Waals surface area contributed by atoms with Crippen LogP contribution in [0.15, 0.2) is 53.6 Å². The molecule has 0 radical (unpaired) electrons. The largest absolute Gasteiger partial charge is 0.322 e. The molecule has 1 atom stereocenters. The van der Waals surface area contributed by atoms with Gasteiger partial charge in [-0.2, -0.15) is 13.9 Å². The van der Waals surface area contributed by atoms with Gasteiger partial charge in [-0.15, -0.1) is 0 Å². The second-order valence-corrected chi connectivity index (χ2v) is 6.34. The number of pyridine rings is 1. The van der Waals surface area contributed by atoms with Gasteiger partial charge in [0, 0.05) is 18.0 Å². The van der Waals surface area contributed by atoms with Crippen LogP contribution in [0.2, 0.25) is 0 Å². The van der Waals surface area contributed by atoms with Gasteiger partial charge in [0.1, 0.15) is 29.5 Å². The van der Waals surface area contributed by atoms with Crippen LogP contribution in [0.5, 0.6) is 0 Å². The molecule has 0 spiro atoms. The zero-order chi connectivity index (χ0) is 21.2. The smallest absolute Gasteiger partial charge is 0.298 e. The van der Waals surface area contributed by atoms with Crippen molar-refractivity contribution in [3.05, 3.63) is 77.2 Å². The summed E-state index contributed by atoms with van der Waals surface area (Å²) in [6, 6.07) is 8.11. The Morgan fingerprint density at radius 1 is 1.03 bits per heavy atom. The van der Waals surface area contributed by atoms with E-state index in [0.29, 0.717) is 11.5 Å². The van der Waals surface area contributed by atoms with Gasteiger partial charge in [0.2, 0.25) is 0 Å². The van der Waals surface area contributed by atoms with Crippen LogP contribution in [0, 0.1) is 17.5 Å². The molecule has 10 heteroatoms. The van der Waals surface area contributed by atoms with E-state index in [4.69, 9.17) is 11.7 Å². The Kier molecular flexibility index (Phi) is 5.64. The van der Waals surface area contributed by atoms with E-state index in [1.165, 1.54) is 12.1 Å². The zero-order valence-corrected chi connectivity index (χ0v) is 14.9. The van der Waals surface area contributed by atoms with Gasteiger partial charge in [0.25, 0.3) is 5.92 Å². The van der Waals surface area contributed by atoms with Crippen LogP contribution < -0.4 is 11.7 Å². The Hall–Kier alpha value is -3.27. The summed E-state index contributed by atoms with van der Waals surface area (Å²) in [6.07, 6.45) is 0.890. The predicted octanol–water partition coefficient (Wildman–Crippen LogP) is 3.61. The van der Waals surface area contributed by atoms with Crippen molar-refractivity contribution in [2.24, 2.45) is 16.8 Å². The highest BCUT2D eigenvalue weighted by atomic mass is 19.3. The number of benzene rings is 2. The number of hydrogen-bond acceptors (Lipinski definition) is 4. The highest BCUT2D eigenvalue weighted by molar-refractivity contribution is 5.78. The number of aromatic nitrogens is 1. The van der Waals surface area contributed by atoms with Crippen molar-refractivity contribution >= 4 is 17.2 Å². The molecule has 3 aromatic rings. The minimum absolute atomic E-state index is 0.134. The molecule has 0 aliphatic carbocycles. The summed E-state index contributed by atoms with van der Waals surface area (Å²) >= 11 is 0. The summed E-state index contributed by atoms with van der Waals surface area (Å²) in [6.45, 7) is -0.598. The molecule has 0 aliphatic rings. The molecule has 2 aromatic carbocycles. The van der Waals surface area contributed by atoms with Gasteiger partial charge in [-0.1, -0.05) is 12.1 Å². The van der Waals surface area contributed by atoms with Crippen LogP contribution in [0.4, 0.5) is 22.0 Å². The van der Waals surface area contributed by atoms with Crippen molar-refractivity contribution in [3.63, 3.8) is 0 Å². The average Bonchev–Trinajstić information content (AvgIpc) is 2.66. The van der Waals surface area contributed by atoms with Crippen LogP contribution in [-0.4, -0.2) is 22.9 Å². The van der Waals surface area contributed by atoms with Gasteiger partial charge in [-0.05, 0) is 35.9 Å². The van der Waals surface area contributed by atoms with Crippen molar-refractivity contribution in [1.82, 2.24) is 9.99 Å². The van der Waals surface area contributed by atoms with Crippen molar-refractivity contribution in [2.45, 2.75) is 11.8 Å². The highest BCUT2D eigenvalue weighted by Crippen LogP contribution is 2.43. The lowest BCUT2D eigenvalue weighted by Crippen LogP contribution is -2.40. The normalized spacial score (nSPS) is 13.2. The number of nitrogens with zero attached hydrogens (tertiary/aromatic N) is 3. The Balaban J connectivity index is 2.10. The fraction of sp³-hybridized carbons (Fsp3) is 0.158. The van der Waals surface area contributed by atoms with E-state index in [9.17, 15) is 13.2 Å². The maximum absolute atomic E-state index is 15.4. The molecule has 0 saturated heterocycles. The third-order valence-corrected chi connectivity index (χ3v) is 4.38. The molecule has 3 rings (SSSR count). The third kappa shape index (κ3) is 4.27. The molecule has 1 unspecified atom stereocenters. The molecular weight excluding hydrogens is 393 g/mol. The van der Waals surface area contributed by atoms with Gasteiger partial charge in [0.05, 0.1) is 11.4 Å². The van der Waals surface area contributed by atoms with E-state index >= 15 is 8.78 Å². The van der Waals surface area contributed by atoms with Crippen molar-refractivity contribution in [3.8, 4) is 0 Å². The molecule has 0 fully saturated rings. The molecule has 0 aliphatic heterocycles. The average molecular weight is 409 g/mol. The first kappa shape index (κ1) is 20.5. The van der Waals surface area contributed by atoms with Crippen molar-refractivity contribution in [1.29, 1.82) is 0 Å². The quantitative estimate of drug-likeness (QED) is 0.214. The molecule has 0 saturated carbocycles. The lowest BCUT2D eigenvalue weighted by Gasteiger charge is -2.30. The number of hydrazine groups is 1. The van der Waals surface area contributed by atoms with Crippen LogP contribution in [0.1, 0.15) is 17.2 Å². The number of hydrazone groups is 1. The standard InChI is InChI=1S/C19H16F5N5/c20-12-3-5-17-11(7-12)1-6-18(28-17)19(23,24)15(9-29(26)10-27-25)14-4-2-13(21)8-16(14)22/h1-8,10,15H,9,25-26H2/b27-10-. The van der Waals surface area contributed by atoms with Crippen molar-refractivity contribution in [2.75, 3.05) is 6.54 Å². The number of rotatable bonds is 6. The van der Waals surface area contributed by atoms with Crippen LogP contribution >= 0.6 is 0 Å². The van der Waals surface area contributed by atoms with Gasteiger partial charge in [-0.25, -0.2) is 24.0 Å². The van der Waals surface area contributed by atoms with Crippen LogP contribution in [0.3, 0.4) is 0 Å². The predicted molar refractivity (Wildman–Crippen MR) is 98.3 cm³/mol. The molecule has 0 bridgehead atoms. The second kappa shape index (κ2) is 8.00. The third-order valence-electron chi connectivity index (χ3n) is 4.38. The molecule has 4 N–H and O–H groups in total. The lowest BCUT2D eigenvalue weighted by molar-refractivity contribution is -0.0440. The van der Waals surface area contributed by atoms with Crippen molar-refractivity contribution < 1.29 is 22.0 Å². The molecule has 1 aromatic heterocycles. The molecule has 29 heavy (non-hydrogen) atoms. The topological polar surface area (TPSA) is 80.5 Å². The number of hydrogen-bond donors (Lipinski definition) is 2. The van der Waals surface area contributed by atoms with Crippen LogP contribution in [-0.2, 0) is 5.92 Å². The highest BCUT2D eigenvalue weighted by Gasteiger charge is 2.45. The molecule has 5 nitrogen and oxygen atoms in total. The summed E-state index contributed by atoms with van der Waals surface area (Å²) in [4.78, 5) is 3.90. The van der Waals surface area contributed by atoms with E-state index in [1.54, 1.807) is 0 Å². The minimum atomic E-state index is -3.72. The Morgan fingerprint density at radius 2 is 1.72 bits per heavy atom. The maximum atomic E-state index is 15.4. The molecule has 1 heterocycles. The summed E-state index contributed by atoms with van der Waals surface area (Å²) in [5.74, 6) is 2.40. The fourth-order valence-electron chi connectivity index (χ4n) is 3.00. The van der Waals surface area contributed by atoms with Crippen LogP contribution in [0.25, 0.3) is 10.9 Å². The van der Waals surface area contributed by atoms with E-state index < -0.39 is 47.1 Å². The summed E-state index contributed by atoms with van der Waals surface area (Å²) < 4.78 is 71.8. The molecule has 152 valence electrons. The fourth-order valence-corrected chi connectivity index (χ4v) is 3.00. The maximum Gasteiger partial charge on any atom is 0.298 e. The van der Waals surface area contributed by atoms with Gasteiger partial charge in [0.15, 0.2) is 0 Å².